The number of furan rings is 1. The summed E-state index contributed by atoms with van der Waals surface area (Å²) in [6, 6.07) is 9.90. The van der Waals surface area contributed by atoms with E-state index in [9.17, 15) is 4.39 Å². The van der Waals surface area contributed by atoms with E-state index in [1.54, 1.807) is 30.5 Å². The molecule has 0 spiro atoms. The molecular weight excluding hydrogens is 291 g/mol. The van der Waals surface area contributed by atoms with E-state index in [2.05, 4.69) is 10.2 Å². The van der Waals surface area contributed by atoms with E-state index in [1.165, 1.54) is 28.6 Å². The Labute approximate surface area is 124 Å². The maximum Gasteiger partial charge on any atom is 0.218 e. The Hall–Kier alpha value is -2.28. The third-order valence-electron chi connectivity index (χ3n) is 3.03. The molecule has 0 saturated heterocycles. The molecule has 0 saturated carbocycles. The van der Waals surface area contributed by atoms with Crippen LogP contribution in [0.2, 0.25) is 0 Å². The van der Waals surface area contributed by atoms with Gasteiger partial charge in [0.05, 0.1) is 6.26 Å². The molecule has 2 N–H and O–H groups in total. The van der Waals surface area contributed by atoms with Crippen molar-refractivity contribution in [2.45, 2.75) is 17.3 Å². The molecule has 2 heterocycles. The van der Waals surface area contributed by atoms with Crippen LogP contribution in [0.15, 0.2) is 52.2 Å². The van der Waals surface area contributed by atoms with Gasteiger partial charge in [-0.2, -0.15) is 0 Å². The minimum absolute atomic E-state index is 0.0709. The van der Waals surface area contributed by atoms with Crippen molar-refractivity contribution in [3.8, 4) is 11.6 Å². The van der Waals surface area contributed by atoms with Crippen LogP contribution in [0.4, 0.5) is 4.39 Å². The fourth-order valence-corrected chi connectivity index (χ4v) is 2.79. The average Bonchev–Trinajstić information content (AvgIpc) is 3.10. The number of aromatic nitrogens is 3. The van der Waals surface area contributed by atoms with Gasteiger partial charge in [0.2, 0.25) is 11.0 Å². The number of thioether (sulfide) groups is 1. The first-order chi connectivity index (χ1) is 10.1. The molecule has 1 aromatic carbocycles. The Kier molecular flexibility index (Phi) is 3.66. The van der Waals surface area contributed by atoms with Crippen LogP contribution in [0.5, 0.6) is 0 Å². The van der Waals surface area contributed by atoms with Crippen LogP contribution in [-0.4, -0.2) is 14.9 Å². The number of hydrogen-bond donors (Lipinski definition) is 1. The molecule has 7 heteroatoms. The lowest BCUT2D eigenvalue weighted by molar-refractivity contribution is 0.574. The Morgan fingerprint density at radius 1 is 1.24 bits per heavy atom. The first-order valence-corrected chi connectivity index (χ1v) is 7.19. The summed E-state index contributed by atoms with van der Waals surface area (Å²) in [4.78, 5) is 0. The van der Waals surface area contributed by atoms with Gasteiger partial charge in [-0.1, -0.05) is 23.9 Å². The Balaban J connectivity index is 1.81. The number of benzene rings is 1. The number of nitrogens with two attached hydrogens (primary N) is 1. The topological polar surface area (TPSA) is 69.9 Å². The van der Waals surface area contributed by atoms with Crippen molar-refractivity contribution in [1.29, 1.82) is 0 Å². The van der Waals surface area contributed by atoms with Crippen molar-refractivity contribution in [3.05, 3.63) is 54.0 Å². The first kappa shape index (κ1) is 13.7. The predicted molar refractivity (Wildman–Crippen MR) is 78.5 cm³/mol. The second-order valence-corrected chi connectivity index (χ2v) is 5.77. The quantitative estimate of drug-likeness (QED) is 0.592. The van der Waals surface area contributed by atoms with Gasteiger partial charge >= 0.3 is 0 Å². The van der Waals surface area contributed by atoms with Crippen molar-refractivity contribution in [2.75, 3.05) is 5.84 Å². The molecule has 0 aliphatic rings. The van der Waals surface area contributed by atoms with E-state index in [-0.39, 0.29) is 11.1 Å². The van der Waals surface area contributed by atoms with E-state index in [4.69, 9.17) is 10.3 Å². The molecule has 21 heavy (non-hydrogen) atoms. The summed E-state index contributed by atoms with van der Waals surface area (Å²) < 4.78 is 19.6. The molecule has 0 fully saturated rings. The highest BCUT2D eigenvalue weighted by atomic mass is 32.2. The number of nitrogens with zero attached hydrogens (tertiary/aromatic N) is 3. The maximum atomic E-state index is 12.9. The van der Waals surface area contributed by atoms with Crippen molar-refractivity contribution in [3.63, 3.8) is 0 Å². The fourth-order valence-electron chi connectivity index (χ4n) is 1.89. The SMILES string of the molecule is CC(Sc1nnc(-c2ccco2)n1N)c1ccc(F)cc1. The molecule has 0 amide bonds. The number of nitrogen functional groups attached to an aromatic ring is 1. The highest BCUT2D eigenvalue weighted by molar-refractivity contribution is 7.99. The van der Waals surface area contributed by atoms with E-state index in [0.717, 1.165) is 5.56 Å². The molecule has 3 rings (SSSR count). The van der Waals surface area contributed by atoms with Gasteiger partial charge in [-0.05, 0) is 36.8 Å². The minimum Gasteiger partial charge on any atom is -0.461 e. The van der Waals surface area contributed by atoms with Crippen molar-refractivity contribution in [2.24, 2.45) is 0 Å². The molecule has 3 aromatic rings. The second-order valence-electron chi connectivity index (χ2n) is 4.47. The molecule has 108 valence electrons. The maximum absolute atomic E-state index is 12.9. The van der Waals surface area contributed by atoms with Crippen LogP contribution in [-0.2, 0) is 0 Å². The molecule has 1 unspecified atom stereocenters. The summed E-state index contributed by atoms with van der Waals surface area (Å²) in [7, 11) is 0. The van der Waals surface area contributed by atoms with Gasteiger partial charge in [0.25, 0.3) is 0 Å². The molecule has 1 atom stereocenters. The van der Waals surface area contributed by atoms with Gasteiger partial charge in [-0.15, -0.1) is 10.2 Å². The van der Waals surface area contributed by atoms with Gasteiger partial charge in [-0.25, -0.2) is 9.07 Å². The zero-order valence-electron chi connectivity index (χ0n) is 11.2. The fraction of sp³-hybridized carbons (Fsp3) is 0.143. The summed E-state index contributed by atoms with van der Waals surface area (Å²) in [5.74, 6) is 6.77. The highest BCUT2D eigenvalue weighted by Crippen LogP contribution is 2.34. The van der Waals surface area contributed by atoms with E-state index < -0.39 is 0 Å². The van der Waals surface area contributed by atoms with Gasteiger partial charge in [0.15, 0.2) is 5.76 Å². The van der Waals surface area contributed by atoms with E-state index >= 15 is 0 Å². The third-order valence-corrected chi connectivity index (χ3v) is 4.14. The summed E-state index contributed by atoms with van der Waals surface area (Å²) in [6.07, 6.45) is 1.55. The molecular formula is C14H13FN4OS. The molecule has 0 radical (unpaired) electrons. The monoisotopic (exact) mass is 304 g/mol. The van der Waals surface area contributed by atoms with E-state index in [0.29, 0.717) is 16.7 Å². The van der Waals surface area contributed by atoms with Crippen LogP contribution >= 0.6 is 11.8 Å². The Bertz CT molecular complexity index is 724. The summed E-state index contributed by atoms with van der Waals surface area (Å²) in [5, 5.41) is 8.74. The minimum atomic E-state index is -0.252. The van der Waals surface area contributed by atoms with Crippen molar-refractivity contribution in [1.82, 2.24) is 14.9 Å². The third kappa shape index (κ3) is 2.78. The van der Waals surface area contributed by atoms with Crippen LogP contribution in [0.1, 0.15) is 17.7 Å². The number of rotatable bonds is 4. The number of hydrogen-bond acceptors (Lipinski definition) is 5. The summed E-state index contributed by atoms with van der Waals surface area (Å²) in [6.45, 7) is 2.00. The van der Waals surface area contributed by atoms with Crippen LogP contribution < -0.4 is 5.84 Å². The average molecular weight is 304 g/mol. The predicted octanol–water partition coefficient (Wildman–Crippen LogP) is 3.24. The normalized spacial score (nSPS) is 12.5. The largest absolute Gasteiger partial charge is 0.461 e. The standard InChI is InChI=1S/C14H13FN4OS/c1-9(10-4-6-11(15)7-5-10)21-14-18-17-13(19(14)16)12-3-2-8-20-12/h2-9H,16H2,1H3. The number of halogens is 1. The Morgan fingerprint density at radius 2 is 2.00 bits per heavy atom. The van der Waals surface area contributed by atoms with Crippen molar-refractivity contribution >= 4 is 11.8 Å². The summed E-state index contributed by atoms with van der Waals surface area (Å²) in [5.41, 5.74) is 0.990. The van der Waals surface area contributed by atoms with Gasteiger partial charge in [0, 0.05) is 5.25 Å². The van der Waals surface area contributed by atoms with Gasteiger partial charge in [-0.3, -0.25) is 0 Å². The smallest absolute Gasteiger partial charge is 0.218 e. The van der Waals surface area contributed by atoms with E-state index in [1.807, 2.05) is 6.92 Å². The molecule has 5 nitrogen and oxygen atoms in total. The van der Waals surface area contributed by atoms with Crippen molar-refractivity contribution < 1.29 is 8.81 Å². The Morgan fingerprint density at radius 3 is 2.67 bits per heavy atom. The lowest BCUT2D eigenvalue weighted by Crippen LogP contribution is -2.11. The molecule has 0 bridgehead atoms. The molecule has 0 aliphatic carbocycles. The second kappa shape index (κ2) is 5.61. The van der Waals surface area contributed by atoms with Crippen LogP contribution in [0, 0.1) is 5.82 Å². The zero-order valence-corrected chi connectivity index (χ0v) is 12.0. The van der Waals surface area contributed by atoms with Crippen LogP contribution in [0.25, 0.3) is 11.6 Å². The first-order valence-electron chi connectivity index (χ1n) is 6.31. The summed E-state index contributed by atoms with van der Waals surface area (Å²) >= 11 is 1.45. The zero-order chi connectivity index (χ0) is 14.8. The van der Waals surface area contributed by atoms with Gasteiger partial charge < -0.3 is 10.3 Å². The van der Waals surface area contributed by atoms with Gasteiger partial charge in [0.1, 0.15) is 5.82 Å². The lowest BCUT2D eigenvalue weighted by Gasteiger charge is -2.10. The molecule has 2 aromatic heterocycles. The van der Waals surface area contributed by atoms with Crippen LogP contribution in [0.3, 0.4) is 0 Å². The lowest BCUT2D eigenvalue weighted by atomic mass is 10.2. The molecule has 0 aliphatic heterocycles. The highest BCUT2D eigenvalue weighted by Gasteiger charge is 2.17.